The van der Waals surface area contributed by atoms with Crippen LogP contribution >= 0.6 is 0 Å². The van der Waals surface area contributed by atoms with Gasteiger partial charge in [-0.25, -0.2) is 4.79 Å². The van der Waals surface area contributed by atoms with Gasteiger partial charge in [-0.2, -0.15) is 0 Å². The van der Waals surface area contributed by atoms with Gasteiger partial charge >= 0.3 is 6.03 Å². The van der Waals surface area contributed by atoms with Crippen LogP contribution in [0, 0.1) is 5.92 Å². The molecule has 1 heterocycles. The van der Waals surface area contributed by atoms with Gasteiger partial charge in [0, 0.05) is 36.3 Å². The predicted octanol–water partition coefficient (Wildman–Crippen LogP) is 2.66. The molecule has 0 aliphatic carbocycles. The molecule has 0 unspecified atom stereocenters. The molecule has 0 radical (unpaired) electrons. The molecule has 0 bridgehead atoms. The predicted molar refractivity (Wildman–Crippen MR) is 93.0 cm³/mol. The zero-order valence-electron chi connectivity index (χ0n) is 14.5. The molecule has 0 aromatic heterocycles. The highest BCUT2D eigenvalue weighted by atomic mass is 16.2. The normalized spacial score (nSPS) is 15.2. The molecular weight excluding hydrogens is 306 g/mol. The first-order valence-electron chi connectivity index (χ1n) is 8.34. The number of hydrogen-bond acceptors (Lipinski definition) is 3. The maximum atomic E-state index is 12.4. The number of likely N-dealkylation sites (tertiary alicyclic amines) is 1. The van der Waals surface area contributed by atoms with Crippen molar-refractivity contribution in [2.75, 3.05) is 18.4 Å². The van der Waals surface area contributed by atoms with Crippen LogP contribution in [0.1, 0.15) is 44.0 Å². The lowest BCUT2D eigenvalue weighted by molar-refractivity contribution is -0.121. The van der Waals surface area contributed by atoms with Crippen molar-refractivity contribution in [2.45, 2.75) is 39.7 Å². The molecule has 2 rings (SSSR count). The van der Waals surface area contributed by atoms with E-state index in [0.29, 0.717) is 37.2 Å². The van der Waals surface area contributed by atoms with Gasteiger partial charge in [0.25, 0.3) is 0 Å². The first-order valence-corrected chi connectivity index (χ1v) is 8.34. The van der Waals surface area contributed by atoms with E-state index in [1.807, 2.05) is 13.8 Å². The molecule has 24 heavy (non-hydrogen) atoms. The second-order valence-corrected chi connectivity index (χ2v) is 6.49. The van der Waals surface area contributed by atoms with Gasteiger partial charge in [0.1, 0.15) is 0 Å². The summed E-state index contributed by atoms with van der Waals surface area (Å²) in [4.78, 5) is 37.5. The molecule has 1 aromatic carbocycles. The number of hydrogen-bond donors (Lipinski definition) is 2. The summed E-state index contributed by atoms with van der Waals surface area (Å²) in [7, 11) is 0. The van der Waals surface area contributed by atoms with Gasteiger partial charge in [-0.15, -0.1) is 0 Å². The highest BCUT2D eigenvalue weighted by Crippen LogP contribution is 2.20. The molecule has 130 valence electrons. The minimum Gasteiger partial charge on any atom is -0.336 e. The van der Waals surface area contributed by atoms with E-state index >= 15 is 0 Å². The second-order valence-electron chi connectivity index (χ2n) is 6.49. The minimum absolute atomic E-state index is 0.0319. The largest absolute Gasteiger partial charge is 0.336 e. The van der Waals surface area contributed by atoms with Gasteiger partial charge < -0.3 is 15.5 Å². The van der Waals surface area contributed by atoms with Crippen molar-refractivity contribution in [3.63, 3.8) is 0 Å². The average Bonchev–Trinajstić information content (AvgIpc) is 2.54. The first kappa shape index (κ1) is 18.0. The van der Waals surface area contributed by atoms with Crippen LogP contribution in [-0.4, -0.2) is 41.8 Å². The highest BCUT2D eigenvalue weighted by Gasteiger charge is 2.27. The summed E-state index contributed by atoms with van der Waals surface area (Å²) in [6, 6.07) is 6.97. The summed E-state index contributed by atoms with van der Waals surface area (Å²) >= 11 is 0. The van der Waals surface area contributed by atoms with Gasteiger partial charge in [0.05, 0.1) is 0 Å². The molecule has 1 aromatic rings. The molecule has 0 spiro atoms. The number of carbonyl (C=O) groups is 3. The van der Waals surface area contributed by atoms with E-state index < -0.39 is 0 Å². The van der Waals surface area contributed by atoms with Crippen LogP contribution in [0.25, 0.3) is 0 Å². The molecule has 0 saturated carbocycles. The molecule has 6 heteroatoms. The van der Waals surface area contributed by atoms with Crippen molar-refractivity contribution in [3.05, 3.63) is 29.8 Å². The van der Waals surface area contributed by atoms with E-state index in [2.05, 4.69) is 10.6 Å². The van der Waals surface area contributed by atoms with E-state index in [1.54, 1.807) is 29.2 Å². The van der Waals surface area contributed by atoms with Crippen molar-refractivity contribution in [1.82, 2.24) is 10.2 Å². The maximum absolute atomic E-state index is 12.4. The Balaban J connectivity index is 1.88. The molecule has 6 nitrogen and oxygen atoms in total. The van der Waals surface area contributed by atoms with Crippen LogP contribution in [0.5, 0.6) is 0 Å². The first-order chi connectivity index (χ1) is 11.4. The number of anilines is 1. The van der Waals surface area contributed by atoms with Gasteiger partial charge in [0.2, 0.25) is 5.91 Å². The lowest BCUT2D eigenvalue weighted by Gasteiger charge is -2.32. The number of benzene rings is 1. The number of rotatable bonds is 4. The van der Waals surface area contributed by atoms with Crippen LogP contribution in [0.15, 0.2) is 24.3 Å². The Labute approximate surface area is 142 Å². The Bertz CT molecular complexity index is 620. The van der Waals surface area contributed by atoms with Crippen LogP contribution in [0.4, 0.5) is 10.5 Å². The summed E-state index contributed by atoms with van der Waals surface area (Å²) in [5.74, 6) is -0.204. The molecule has 3 amide bonds. The van der Waals surface area contributed by atoms with Gasteiger partial charge in [-0.1, -0.05) is 12.1 Å². The topological polar surface area (TPSA) is 78.5 Å². The van der Waals surface area contributed by atoms with Crippen molar-refractivity contribution in [3.8, 4) is 0 Å². The lowest BCUT2D eigenvalue weighted by atomic mass is 9.96. The molecule has 1 aliphatic heterocycles. The monoisotopic (exact) mass is 331 g/mol. The SMILES string of the molecule is CC(=O)c1cccc(NC(=O)C2CCN(C(=O)NC(C)C)CC2)c1. The van der Waals surface area contributed by atoms with E-state index in [9.17, 15) is 14.4 Å². The maximum Gasteiger partial charge on any atom is 0.317 e. The van der Waals surface area contributed by atoms with Crippen molar-refractivity contribution in [2.24, 2.45) is 5.92 Å². The Hall–Kier alpha value is -2.37. The summed E-state index contributed by atoms with van der Waals surface area (Å²) in [5, 5.41) is 5.74. The highest BCUT2D eigenvalue weighted by molar-refractivity contribution is 5.97. The standard InChI is InChI=1S/C18H25N3O3/c1-12(2)19-18(24)21-9-7-14(8-10-21)17(23)20-16-6-4-5-15(11-16)13(3)22/h4-6,11-12,14H,7-10H2,1-3H3,(H,19,24)(H,20,23). The van der Waals surface area contributed by atoms with E-state index in [-0.39, 0.29) is 29.7 Å². The zero-order valence-corrected chi connectivity index (χ0v) is 14.5. The smallest absolute Gasteiger partial charge is 0.317 e. The molecule has 0 atom stereocenters. The Morgan fingerprint density at radius 1 is 1.17 bits per heavy atom. The average molecular weight is 331 g/mol. The van der Waals surface area contributed by atoms with E-state index in [0.717, 1.165) is 0 Å². The van der Waals surface area contributed by atoms with Gasteiger partial charge in [-0.05, 0) is 45.7 Å². The summed E-state index contributed by atoms with van der Waals surface area (Å²) in [6.07, 6.45) is 1.29. The Kier molecular flexibility index (Phi) is 5.95. The van der Waals surface area contributed by atoms with E-state index in [4.69, 9.17) is 0 Å². The summed E-state index contributed by atoms with van der Waals surface area (Å²) < 4.78 is 0. The molecule has 1 aliphatic rings. The fourth-order valence-electron chi connectivity index (χ4n) is 2.74. The number of nitrogens with zero attached hydrogens (tertiary/aromatic N) is 1. The third-order valence-corrected chi connectivity index (χ3v) is 4.10. The number of nitrogens with one attached hydrogen (secondary N) is 2. The molecular formula is C18H25N3O3. The van der Waals surface area contributed by atoms with Crippen LogP contribution in [0.2, 0.25) is 0 Å². The van der Waals surface area contributed by atoms with E-state index in [1.165, 1.54) is 6.92 Å². The number of Topliss-reactive ketones (excluding diaryl/α,β-unsaturated/α-hetero) is 1. The number of ketones is 1. The molecule has 1 saturated heterocycles. The summed E-state index contributed by atoms with van der Waals surface area (Å²) in [5.41, 5.74) is 1.21. The number of carbonyl (C=O) groups excluding carboxylic acids is 3. The quantitative estimate of drug-likeness (QED) is 0.833. The summed E-state index contributed by atoms with van der Waals surface area (Å²) in [6.45, 7) is 6.49. The Morgan fingerprint density at radius 2 is 1.83 bits per heavy atom. The zero-order chi connectivity index (χ0) is 17.7. The number of amides is 3. The third kappa shape index (κ3) is 4.81. The van der Waals surface area contributed by atoms with Crippen molar-refractivity contribution >= 4 is 23.4 Å². The fourth-order valence-corrected chi connectivity index (χ4v) is 2.74. The number of piperidine rings is 1. The third-order valence-electron chi connectivity index (χ3n) is 4.10. The van der Waals surface area contributed by atoms with Crippen molar-refractivity contribution in [1.29, 1.82) is 0 Å². The molecule has 2 N–H and O–H groups in total. The van der Waals surface area contributed by atoms with Gasteiger partial charge in [0.15, 0.2) is 5.78 Å². The van der Waals surface area contributed by atoms with Crippen molar-refractivity contribution < 1.29 is 14.4 Å². The minimum atomic E-state index is -0.117. The van der Waals surface area contributed by atoms with Crippen LogP contribution in [-0.2, 0) is 4.79 Å². The van der Waals surface area contributed by atoms with Crippen LogP contribution < -0.4 is 10.6 Å². The lowest BCUT2D eigenvalue weighted by Crippen LogP contribution is -2.47. The number of urea groups is 1. The second kappa shape index (κ2) is 7.95. The van der Waals surface area contributed by atoms with Gasteiger partial charge in [-0.3, -0.25) is 9.59 Å². The van der Waals surface area contributed by atoms with Crippen LogP contribution in [0.3, 0.4) is 0 Å². The Morgan fingerprint density at radius 3 is 2.42 bits per heavy atom. The fraction of sp³-hybridized carbons (Fsp3) is 0.500. The molecule has 1 fully saturated rings.